The number of carbonyl (C=O) groups excluding carboxylic acids is 1. The maximum Gasteiger partial charge on any atom is 0.335 e. The lowest BCUT2D eigenvalue weighted by Crippen LogP contribution is -1.97. The van der Waals surface area contributed by atoms with Crippen molar-refractivity contribution in [2.45, 2.75) is 0 Å². The van der Waals surface area contributed by atoms with Crippen molar-refractivity contribution < 1.29 is 34.4 Å². The summed E-state index contributed by atoms with van der Waals surface area (Å²) in [7, 11) is 2.67. The maximum absolute atomic E-state index is 10.7. The molecule has 0 unspecified atom stereocenters. The summed E-state index contributed by atoms with van der Waals surface area (Å²) in [5, 5.41) is 26.5. The molecule has 0 radical (unpaired) electrons. The number of carboxylic acids is 1. The summed E-state index contributed by atoms with van der Waals surface area (Å²) in [4.78, 5) is 21.3. The van der Waals surface area contributed by atoms with Gasteiger partial charge < -0.3 is 24.8 Å². The SMILES string of the molecule is COc1cc(C(=O)Cl)cc(Cl)c1O.COc1cc(C(=O)O)cc(Cl)c1O. The number of ether oxygens (including phenoxy) is 2. The highest BCUT2D eigenvalue weighted by Crippen LogP contribution is 2.35. The van der Waals surface area contributed by atoms with Crippen LogP contribution in [0.4, 0.5) is 0 Å². The van der Waals surface area contributed by atoms with Crippen LogP contribution in [-0.4, -0.2) is 40.8 Å². The van der Waals surface area contributed by atoms with Crippen LogP contribution < -0.4 is 9.47 Å². The zero-order valence-electron chi connectivity index (χ0n) is 13.4. The lowest BCUT2D eigenvalue weighted by Gasteiger charge is -2.05. The minimum Gasteiger partial charge on any atom is -0.503 e. The Morgan fingerprint density at radius 2 is 1.23 bits per heavy atom. The summed E-state index contributed by atoms with van der Waals surface area (Å²) in [6.45, 7) is 0. The lowest BCUT2D eigenvalue weighted by atomic mass is 10.2. The molecule has 0 saturated carbocycles. The van der Waals surface area contributed by atoms with Crippen molar-refractivity contribution in [2.75, 3.05) is 14.2 Å². The van der Waals surface area contributed by atoms with Crippen molar-refractivity contribution in [3.8, 4) is 23.0 Å². The van der Waals surface area contributed by atoms with Crippen LogP contribution in [0.1, 0.15) is 20.7 Å². The molecule has 140 valence electrons. The van der Waals surface area contributed by atoms with E-state index in [4.69, 9.17) is 49.4 Å². The molecule has 2 aromatic carbocycles. The zero-order valence-corrected chi connectivity index (χ0v) is 15.7. The van der Waals surface area contributed by atoms with E-state index in [1.807, 2.05) is 0 Å². The number of carbonyl (C=O) groups is 2. The summed E-state index contributed by atoms with van der Waals surface area (Å²) < 4.78 is 9.49. The number of halogens is 3. The molecule has 26 heavy (non-hydrogen) atoms. The van der Waals surface area contributed by atoms with Crippen molar-refractivity contribution >= 4 is 46.0 Å². The van der Waals surface area contributed by atoms with E-state index in [9.17, 15) is 19.8 Å². The Morgan fingerprint density at radius 3 is 1.58 bits per heavy atom. The van der Waals surface area contributed by atoms with E-state index in [1.165, 1.54) is 32.4 Å². The number of hydrogen-bond acceptors (Lipinski definition) is 6. The Bertz CT molecular complexity index is 768. The molecule has 0 spiro atoms. The van der Waals surface area contributed by atoms with E-state index >= 15 is 0 Å². The smallest absolute Gasteiger partial charge is 0.335 e. The van der Waals surface area contributed by atoms with Crippen molar-refractivity contribution in [2.24, 2.45) is 0 Å². The minimum absolute atomic E-state index is 0.0281. The first-order chi connectivity index (χ1) is 12.1. The largest absolute Gasteiger partial charge is 0.503 e. The molecule has 0 amide bonds. The second-order valence-electron chi connectivity index (χ2n) is 4.60. The number of phenolic OH excluding ortho intramolecular Hbond substituents is 2. The van der Waals surface area contributed by atoms with Gasteiger partial charge in [-0.05, 0) is 35.9 Å². The molecule has 2 aromatic rings. The predicted octanol–water partition coefficient (Wildman–Crippen LogP) is 4.19. The molecule has 0 bridgehead atoms. The van der Waals surface area contributed by atoms with Gasteiger partial charge >= 0.3 is 5.97 Å². The molecular formula is C16H13Cl3O7. The fraction of sp³-hybridized carbons (Fsp3) is 0.125. The highest BCUT2D eigenvalue weighted by atomic mass is 35.5. The number of phenols is 2. The van der Waals surface area contributed by atoms with Gasteiger partial charge in [0.05, 0.1) is 29.8 Å². The first-order valence-electron chi connectivity index (χ1n) is 6.68. The highest BCUT2D eigenvalue weighted by molar-refractivity contribution is 6.67. The summed E-state index contributed by atoms with van der Waals surface area (Å²) in [5.41, 5.74) is 0.154. The number of aromatic carboxylic acids is 1. The molecule has 0 saturated heterocycles. The first kappa shape index (κ1) is 21.7. The molecule has 0 aliphatic heterocycles. The van der Waals surface area contributed by atoms with Crippen LogP contribution in [0.2, 0.25) is 10.0 Å². The molecule has 2 rings (SSSR count). The second-order valence-corrected chi connectivity index (χ2v) is 5.75. The van der Waals surface area contributed by atoms with Gasteiger partial charge in [0.1, 0.15) is 0 Å². The van der Waals surface area contributed by atoms with Gasteiger partial charge in [-0.1, -0.05) is 23.2 Å². The van der Waals surface area contributed by atoms with E-state index in [0.29, 0.717) is 0 Å². The number of benzene rings is 2. The standard InChI is InChI=1S/C8H6Cl2O3.C8H7ClO4/c1-13-6-3-4(8(10)12)2-5(9)7(6)11;1-13-6-3-4(8(11)12)2-5(9)7(6)10/h2-3,11H,1H3;2-3,10H,1H3,(H,11,12). The Kier molecular flexibility index (Phi) is 7.82. The average Bonchev–Trinajstić information content (AvgIpc) is 2.59. The third kappa shape index (κ3) is 5.32. The Balaban J connectivity index is 0.000000260. The van der Waals surface area contributed by atoms with Crippen LogP contribution in [0, 0.1) is 0 Å². The molecule has 0 aliphatic rings. The van der Waals surface area contributed by atoms with Gasteiger partial charge in [-0.2, -0.15) is 0 Å². The first-order valence-corrected chi connectivity index (χ1v) is 7.81. The van der Waals surface area contributed by atoms with Gasteiger partial charge in [-0.15, -0.1) is 0 Å². The van der Waals surface area contributed by atoms with Crippen LogP contribution in [0.25, 0.3) is 0 Å². The fourth-order valence-electron chi connectivity index (χ4n) is 1.70. The summed E-state index contributed by atoms with van der Waals surface area (Å²) >= 11 is 16.4. The fourth-order valence-corrected chi connectivity index (χ4v) is 2.23. The molecule has 0 fully saturated rings. The van der Waals surface area contributed by atoms with Crippen LogP contribution in [0.5, 0.6) is 23.0 Å². The molecule has 7 nitrogen and oxygen atoms in total. The van der Waals surface area contributed by atoms with Gasteiger partial charge in [0.2, 0.25) is 0 Å². The van der Waals surface area contributed by atoms with Gasteiger partial charge in [0, 0.05) is 5.56 Å². The Labute approximate surface area is 163 Å². The van der Waals surface area contributed by atoms with Crippen molar-refractivity contribution in [1.29, 1.82) is 0 Å². The summed E-state index contributed by atoms with van der Waals surface area (Å²) in [6.07, 6.45) is 0. The molecule has 10 heteroatoms. The third-order valence-electron chi connectivity index (χ3n) is 2.97. The van der Waals surface area contributed by atoms with Crippen LogP contribution in [-0.2, 0) is 0 Å². The molecule has 0 atom stereocenters. The van der Waals surface area contributed by atoms with Gasteiger partial charge in [-0.25, -0.2) is 4.79 Å². The van der Waals surface area contributed by atoms with Crippen LogP contribution >= 0.6 is 34.8 Å². The normalized spacial score (nSPS) is 9.73. The van der Waals surface area contributed by atoms with E-state index < -0.39 is 11.2 Å². The van der Waals surface area contributed by atoms with E-state index in [2.05, 4.69) is 0 Å². The molecule has 0 heterocycles. The number of hydrogen-bond donors (Lipinski definition) is 3. The predicted molar refractivity (Wildman–Crippen MR) is 96.5 cm³/mol. The minimum atomic E-state index is -1.12. The Morgan fingerprint density at radius 1 is 0.846 bits per heavy atom. The van der Waals surface area contributed by atoms with Gasteiger partial charge in [0.15, 0.2) is 23.0 Å². The quantitative estimate of drug-likeness (QED) is 0.632. The molecule has 0 aliphatic carbocycles. The zero-order chi connectivity index (χ0) is 20.0. The van der Waals surface area contributed by atoms with Gasteiger partial charge in [-0.3, -0.25) is 4.79 Å². The number of methoxy groups -OCH3 is 2. The summed E-state index contributed by atoms with van der Waals surface area (Å²) in [6, 6.07) is 4.94. The van der Waals surface area contributed by atoms with E-state index in [1.54, 1.807) is 0 Å². The van der Waals surface area contributed by atoms with E-state index in [-0.39, 0.29) is 44.2 Å². The van der Waals surface area contributed by atoms with Crippen LogP contribution in [0.15, 0.2) is 24.3 Å². The number of aromatic hydroxyl groups is 2. The number of rotatable bonds is 4. The monoisotopic (exact) mass is 422 g/mol. The van der Waals surface area contributed by atoms with Crippen molar-refractivity contribution in [1.82, 2.24) is 0 Å². The van der Waals surface area contributed by atoms with Crippen molar-refractivity contribution in [3.05, 3.63) is 45.4 Å². The number of carboxylic acid groups (broad SMARTS) is 1. The lowest BCUT2D eigenvalue weighted by molar-refractivity contribution is 0.0696. The van der Waals surface area contributed by atoms with E-state index in [0.717, 1.165) is 6.07 Å². The maximum atomic E-state index is 10.7. The van der Waals surface area contributed by atoms with Crippen LogP contribution in [0.3, 0.4) is 0 Å². The average molecular weight is 424 g/mol. The molecule has 0 aromatic heterocycles. The van der Waals surface area contributed by atoms with Gasteiger partial charge in [0.25, 0.3) is 5.24 Å². The topological polar surface area (TPSA) is 113 Å². The molecular weight excluding hydrogens is 411 g/mol. The third-order valence-corrected chi connectivity index (χ3v) is 3.77. The highest BCUT2D eigenvalue weighted by Gasteiger charge is 2.13. The summed E-state index contributed by atoms with van der Waals surface area (Å²) in [5.74, 6) is -1.42. The second kappa shape index (κ2) is 9.38. The Hall–Kier alpha value is -2.35. The van der Waals surface area contributed by atoms with Crippen molar-refractivity contribution in [3.63, 3.8) is 0 Å². The molecule has 3 N–H and O–H groups in total.